The molecule has 5 nitrogen and oxygen atoms in total. The molecular weight excluding hydrogens is 289 g/mol. The van der Waals surface area contributed by atoms with Gasteiger partial charge in [-0.3, -0.25) is 0 Å². The van der Waals surface area contributed by atoms with Crippen molar-refractivity contribution in [2.75, 3.05) is 13.6 Å². The third kappa shape index (κ3) is 6.15. The molecular formula is C13H15F3N2O3. The molecule has 1 aromatic rings. The normalized spacial score (nSPS) is 12.6. The van der Waals surface area contributed by atoms with Gasteiger partial charge >= 0.3 is 18.2 Å². The van der Waals surface area contributed by atoms with Crippen LogP contribution in [0.2, 0.25) is 0 Å². The number of hydrogen-bond donors (Lipinski definition) is 2. The lowest BCUT2D eigenvalue weighted by molar-refractivity contribution is -0.139. The number of carboxylic acid groups (broad SMARTS) is 1. The molecule has 0 aliphatic heterocycles. The quantitative estimate of drug-likeness (QED) is 0.872. The van der Waals surface area contributed by atoms with Crippen LogP contribution in [-0.2, 0) is 11.2 Å². The van der Waals surface area contributed by atoms with Crippen molar-refractivity contribution in [1.29, 1.82) is 0 Å². The number of aliphatic carboxylic acids is 1. The molecule has 0 heterocycles. The molecule has 8 heteroatoms. The minimum atomic E-state index is -4.54. The monoisotopic (exact) mass is 304 g/mol. The molecule has 1 atom stereocenters. The number of nitrogens with one attached hydrogen (secondary N) is 1. The first kappa shape index (κ1) is 16.8. The predicted octanol–water partition coefficient (Wildman–Crippen LogP) is 1.89. The zero-order valence-electron chi connectivity index (χ0n) is 11.2. The van der Waals surface area contributed by atoms with Crippen LogP contribution in [-0.4, -0.2) is 47.8 Å². The third-order valence-corrected chi connectivity index (χ3v) is 2.64. The van der Waals surface area contributed by atoms with Gasteiger partial charge in [-0.1, -0.05) is 30.3 Å². The second-order valence-corrected chi connectivity index (χ2v) is 4.50. The summed E-state index contributed by atoms with van der Waals surface area (Å²) < 4.78 is 36.5. The van der Waals surface area contributed by atoms with E-state index in [0.29, 0.717) is 10.5 Å². The maximum atomic E-state index is 12.2. The van der Waals surface area contributed by atoms with Crippen LogP contribution >= 0.6 is 0 Å². The Bertz CT molecular complexity index is 491. The molecule has 2 amide bonds. The molecule has 0 unspecified atom stereocenters. The second-order valence-electron chi connectivity index (χ2n) is 4.50. The van der Waals surface area contributed by atoms with Gasteiger partial charge in [0.2, 0.25) is 0 Å². The molecule has 1 aromatic carbocycles. The molecule has 0 radical (unpaired) electrons. The highest BCUT2D eigenvalue weighted by Crippen LogP contribution is 2.15. The van der Waals surface area contributed by atoms with Crippen LogP contribution in [0.4, 0.5) is 18.0 Å². The van der Waals surface area contributed by atoms with Gasteiger partial charge in [-0.05, 0) is 5.56 Å². The number of amides is 2. The number of nitrogens with zero attached hydrogens (tertiary/aromatic N) is 1. The molecule has 0 fully saturated rings. The van der Waals surface area contributed by atoms with Gasteiger partial charge in [-0.15, -0.1) is 0 Å². The third-order valence-electron chi connectivity index (χ3n) is 2.64. The summed E-state index contributed by atoms with van der Waals surface area (Å²) in [5.74, 6) is -1.31. The number of carbonyl (C=O) groups excluding carboxylic acids is 1. The van der Waals surface area contributed by atoms with Crippen LogP contribution in [0.25, 0.3) is 0 Å². The topological polar surface area (TPSA) is 69.6 Å². The van der Waals surface area contributed by atoms with E-state index < -0.39 is 30.8 Å². The van der Waals surface area contributed by atoms with Crippen LogP contribution in [0.5, 0.6) is 0 Å². The second kappa shape index (κ2) is 6.96. The smallest absolute Gasteiger partial charge is 0.406 e. The average molecular weight is 304 g/mol. The van der Waals surface area contributed by atoms with Gasteiger partial charge in [0, 0.05) is 13.5 Å². The molecule has 0 bridgehead atoms. The van der Waals surface area contributed by atoms with Crippen molar-refractivity contribution in [3.63, 3.8) is 0 Å². The van der Waals surface area contributed by atoms with Gasteiger partial charge in [0.15, 0.2) is 0 Å². The number of carboxylic acids is 1. The van der Waals surface area contributed by atoms with Crippen LogP contribution in [0.3, 0.4) is 0 Å². The summed E-state index contributed by atoms with van der Waals surface area (Å²) in [5, 5.41) is 11.1. The first-order valence-electron chi connectivity index (χ1n) is 6.04. The van der Waals surface area contributed by atoms with Crippen LogP contribution in [0.15, 0.2) is 30.3 Å². The van der Waals surface area contributed by atoms with E-state index in [1.807, 2.05) is 0 Å². The molecule has 0 aliphatic rings. The SMILES string of the molecule is CN(CC(F)(F)F)C(=O)N[C@H](Cc1ccccc1)C(=O)O. The van der Waals surface area contributed by atoms with Crippen molar-refractivity contribution in [3.05, 3.63) is 35.9 Å². The number of halogens is 3. The van der Waals surface area contributed by atoms with Gasteiger partial charge in [0.25, 0.3) is 0 Å². The maximum absolute atomic E-state index is 12.2. The van der Waals surface area contributed by atoms with Crippen molar-refractivity contribution in [1.82, 2.24) is 10.2 Å². The fourth-order valence-corrected chi connectivity index (χ4v) is 1.65. The van der Waals surface area contributed by atoms with Gasteiger partial charge in [-0.2, -0.15) is 13.2 Å². The van der Waals surface area contributed by atoms with Crippen molar-refractivity contribution < 1.29 is 27.9 Å². The van der Waals surface area contributed by atoms with E-state index in [1.54, 1.807) is 30.3 Å². The number of carbonyl (C=O) groups is 2. The maximum Gasteiger partial charge on any atom is 0.406 e. The first-order chi connectivity index (χ1) is 9.69. The zero-order chi connectivity index (χ0) is 16.0. The molecule has 0 aliphatic carbocycles. The van der Waals surface area contributed by atoms with Gasteiger partial charge in [0.1, 0.15) is 12.6 Å². The standard InChI is InChI=1S/C13H15F3N2O3/c1-18(8-13(14,15)16)12(21)17-10(11(19)20)7-9-5-3-2-4-6-9/h2-6,10H,7-8H2,1H3,(H,17,21)(H,19,20)/t10-/m1/s1. The van der Waals surface area contributed by atoms with Crippen molar-refractivity contribution in [3.8, 4) is 0 Å². The zero-order valence-corrected chi connectivity index (χ0v) is 11.2. The fourth-order valence-electron chi connectivity index (χ4n) is 1.65. The van der Waals surface area contributed by atoms with E-state index in [9.17, 15) is 22.8 Å². The molecule has 0 aromatic heterocycles. The minimum Gasteiger partial charge on any atom is -0.480 e. The van der Waals surface area contributed by atoms with Crippen LogP contribution in [0, 0.1) is 0 Å². The van der Waals surface area contributed by atoms with Crippen LogP contribution in [0.1, 0.15) is 5.56 Å². The number of hydrogen-bond acceptors (Lipinski definition) is 2. The Morgan fingerprint density at radius 1 is 1.29 bits per heavy atom. The van der Waals surface area contributed by atoms with Crippen molar-refractivity contribution in [2.45, 2.75) is 18.6 Å². The lowest BCUT2D eigenvalue weighted by Gasteiger charge is -2.22. The van der Waals surface area contributed by atoms with Gasteiger partial charge < -0.3 is 15.3 Å². The van der Waals surface area contributed by atoms with E-state index in [4.69, 9.17) is 5.11 Å². The van der Waals surface area contributed by atoms with E-state index >= 15 is 0 Å². The molecule has 0 saturated heterocycles. The lowest BCUT2D eigenvalue weighted by atomic mass is 10.1. The van der Waals surface area contributed by atoms with Gasteiger partial charge in [-0.25, -0.2) is 9.59 Å². The summed E-state index contributed by atoms with van der Waals surface area (Å²) in [5.41, 5.74) is 0.656. The Kier molecular flexibility index (Phi) is 5.57. The Morgan fingerprint density at radius 2 is 1.86 bits per heavy atom. The first-order valence-corrected chi connectivity index (χ1v) is 6.04. The average Bonchev–Trinajstić information content (AvgIpc) is 2.36. The van der Waals surface area contributed by atoms with Crippen molar-refractivity contribution >= 4 is 12.0 Å². The minimum absolute atomic E-state index is 0.0121. The highest BCUT2D eigenvalue weighted by molar-refractivity contribution is 5.82. The summed E-state index contributed by atoms with van der Waals surface area (Å²) in [6.07, 6.45) is -4.55. The Labute approximate surface area is 119 Å². The highest BCUT2D eigenvalue weighted by Gasteiger charge is 2.32. The largest absolute Gasteiger partial charge is 0.480 e. The highest BCUT2D eigenvalue weighted by atomic mass is 19.4. The van der Waals surface area contributed by atoms with Crippen molar-refractivity contribution in [2.24, 2.45) is 0 Å². The number of rotatable bonds is 5. The molecule has 0 spiro atoms. The summed E-state index contributed by atoms with van der Waals surface area (Å²) in [4.78, 5) is 23.1. The van der Waals surface area contributed by atoms with Crippen LogP contribution < -0.4 is 5.32 Å². The summed E-state index contributed by atoms with van der Waals surface area (Å²) >= 11 is 0. The molecule has 0 saturated carbocycles. The van der Waals surface area contributed by atoms with E-state index in [2.05, 4.69) is 5.32 Å². The molecule has 116 valence electrons. The van der Waals surface area contributed by atoms with E-state index in [1.165, 1.54) is 0 Å². The molecule has 1 rings (SSSR count). The Hall–Kier alpha value is -2.25. The Balaban J connectivity index is 2.66. The predicted molar refractivity (Wildman–Crippen MR) is 68.8 cm³/mol. The fraction of sp³-hybridized carbons (Fsp3) is 0.385. The number of urea groups is 1. The Morgan fingerprint density at radius 3 is 2.33 bits per heavy atom. The summed E-state index contributed by atoms with van der Waals surface area (Å²) in [7, 11) is 0.949. The molecule has 2 N–H and O–H groups in total. The summed E-state index contributed by atoms with van der Waals surface area (Å²) in [6.45, 7) is -1.45. The number of alkyl halides is 3. The summed E-state index contributed by atoms with van der Waals surface area (Å²) in [6, 6.07) is 6.10. The van der Waals surface area contributed by atoms with E-state index in [0.717, 1.165) is 7.05 Å². The molecule has 21 heavy (non-hydrogen) atoms. The lowest BCUT2D eigenvalue weighted by Crippen LogP contribution is -2.49. The van der Waals surface area contributed by atoms with E-state index in [-0.39, 0.29) is 6.42 Å². The number of benzene rings is 1. The van der Waals surface area contributed by atoms with Gasteiger partial charge in [0.05, 0.1) is 0 Å².